The van der Waals surface area contributed by atoms with Crippen LogP contribution in [0.3, 0.4) is 0 Å². The molecule has 112 valence electrons. The summed E-state index contributed by atoms with van der Waals surface area (Å²) in [7, 11) is 0. The summed E-state index contributed by atoms with van der Waals surface area (Å²) in [5, 5.41) is 2.93. The third-order valence-corrected chi connectivity index (χ3v) is 4.46. The highest BCUT2D eigenvalue weighted by atomic mass is 32.2. The molecular weight excluding hydrogens is 288 g/mol. The molecule has 5 nitrogen and oxygen atoms in total. The van der Waals surface area contributed by atoms with Gasteiger partial charge in [-0.25, -0.2) is 4.79 Å². The molecule has 0 bridgehead atoms. The van der Waals surface area contributed by atoms with Crippen LogP contribution >= 0.6 is 11.8 Å². The van der Waals surface area contributed by atoms with Crippen molar-refractivity contribution in [3.05, 3.63) is 29.8 Å². The van der Waals surface area contributed by atoms with Crippen LogP contribution in [0.1, 0.15) is 18.4 Å². The molecule has 2 fully saturated rings. The van der Waals surface area contributed by atoms with Gasteiger partial charge in [0.25, 0.3) is 0 Å². The SMILES string of the molecule is CSc1ccc(CN2C(=O)OC[C@H]2C(=O)NC2CC2)cc1. The molecule has 0 unspecified atom stereocenters. The molecule has 21 heavy (non-hydrogen) atoms. The van der Waals surface area contributed by atoms with Crippen LogP contribution in [0.2, 0.25) is 0 Å². The van der Waals surface area contributed by atoms with E-state index in [4.69, 9.17) is 4.74 Å². The maximum Gasteiger partial charge on any atom is 0.410 e. The van der Waals surface area contributed by atoms with E-state index in [2.05, 4.69) is 5.32 Å². The Balaban J connectivity index is 1.67. The van der Waals surface area contributed by atoms with Crippen molar-refractivity contribution in [3.63, 3.8) is 0 Å². The first-order valence-electron chi connectivity index (χ1n) is 7.04. The van der Waals surface area contributed by atoms with E-state index < -0.39 is 12.1 Å². The molecular formula is C15H18N2O3S. The van der Waals surface area contributed by atoms with E-state index in [1.54, 1.807) is 11.8 Å². The number of benzene rings is 1. The summed E-state index contributed by atoms with van der Waals surface area (Å²) in [6.07, 6.45) is 3.66. The van der Waals surface area contributed by atoms with E-state index in [-0.39, 0.29) is 18.6 Å². The molecule has 1 aromatic rings. The van der Waals surface area contributed by atoms with Gasteiger partial charge in [0.15, 0.2) is 0 Å². The second-order valence-corrected chi connectivity index (χ2v) is 6.23. The zero-order valence-corrected chi connectivity index (χ0v) is 12.7. The molecule has 1 aliphatic heterocycles. The fourth-order valence-electron chi connectivity index (χ4n) is 2.30. The van der Waals surface area contributed by atoms with Gasteiger partial charge in [-0.2, -0.15) is 0 Å². The lowest BCUT2D eigenvalue weighted by molar-refractivity contribution is -0.125. The number of nitrogens with zero attached hydrogens (tertiary/aromatic N) is 1. The van der Waals surface area contributed by atoms with E-state index in [0.29, 0.717) is 6.54 Å². The van der Waals surface area contributed by atoms with Gasteiger partial charge in [0, 0.05) is 10.9 Å². The van der Waals surface area contributed by atoms with E-state index in [1.165, 1.54) is 9.80 Å². The number of hydrogen-bond acceptors (Lipinski definition) is 4. The minimum atomic E-state index is -0.515. The zero-order chi connectivity index (χ0) is 14.8. The number of rotatable bonds is 5. The quantitative estimate of drug-likeness (QED) is 0.846. The van der Waals surface area contributed by atoms with E-state index in [9.17, 15) is 9.59 Å². The molecule has 3 rings (SSSR count). The molecule has 1 atom stereocenters. The summed E-state index contributed by atoms with van der Waals surface area (Å²) < 4.78 is 5.04. The summed E-state index contributed by atoms with van der Waals surface area (Å²) in [6, 6.07) is 7.76. The van der Waals surface area contributed by atoms with Crippen molar-refractivity contribution in [1.29, 1.82) is 0 Å². The normalized spacial score (nSPS) is 21.3. The number of carbonyl (C=O) groups excluding carboxylic acids is 2. The number of amides is 2. The van der Waals surface area contributed by atoms with Gasteiger partial charge < -0.3 is 10.1 Å². The van der Waals surface area contributed by atoms with Gasteiger partial charge in [-0.3, -0.25) is 9.69 Å². The Morgan fingerprint density at radius 1 is 1.38 bits per heavy atom. The summed E-state index contributed by atoms with van der Waals surface area (Å²) in [5.74, 6) is -0.107. The van der Waals surface area contributed by atoms with Crippen molar-refractivity contribution >= 4 is 23.8 Å². The first-order chi connectivity index (χ1) is 10.2. The van der Waals surface area contributed by atoms with Crippen LogP contribution in [-0.2, 0) is 16.1 Å². The van der Waals surface area contributed by atoms with Crippen LogP contribution in [0.4, 0.5) is 4.79 Å². The second-order valence-electron chi connectivity index (χ2n) is 5.35. The lowest BCUT2D eigenvalue weighted by Crippen LogP contribution is -2.46. The number of cyclic esters (lactones) is 1. The van der Waals surface area contributed by atoms with Gasteiger partial charge in [0.2, 0.25) is 5.91 Å². The van der Waals surface area contributed by atoms with Crippen LogP contribution in [0.25, 0.3) is 0 Å². The minimum Gasteiger partial charge on any atom is -0.447 e. The Morgan fingerprint density at radius 2 is 2.10 bits per heavy atom. The smallest absolute Gasteiger partial charge is 0.410 e. The second kappa shape index (κ2) is 5.97. The highest BCUT2D eigenvalue weighted by Gasteiger charge is 2.39. The average Bonchev–Trinajstić information content (AvgIpc) is 3.23. The molecule has 1 N–H and O–H groups in total. The number of nitrogens with one attached hydrogen (secondary N) is 1. The molecule has 1 saturated carbocycles. The average molecular weight is 306 g/mol. The lowest BCUT2D eigenvalue weighted by Gasteiger charge is -2.20. The van der Waals surface area contributed by atoms with E-state index >= 15 is 0 Å². The predicted molar refractivity (Wildman–Crippen MR) is 80.1 cm³/mol. The van der Waals surface area contributed by atoms with E-state index in [1.807, 2.05) is 30.5 Å². The van der Waals surface area contributed by atoms with Crippen LogP contribution in [0.15, 0.2) is 29.2 Å². The van der Waals surface area contributed by atoms with Crippen molar-refractivity contribution in [2.24, 2.45) is 0 Å². The van der Waals surface area contributed by atoms with Crippen molar-refractivity contribution in [2.45, 2.75) is 36.4 Å². The largest absolute Gasteiger partial charge is 0.447 e. The molecule has 6 heteroatoms. The molecule has 2 aliphatic rings. The molecule has 2 amide bonds. The van der Waals surface area contributed by atoms with Crippen LogP contribution in [0, 0.1) is 0 Å². The van der Waals surface area contributed by atoms with Gasteiger partial charge in [-0.05, 0) is 36.8 Å². The van der Waals surface area contributed by atoms with Gasteiger partial charge in [0.1, 0.15) is 12.6 Å². The van der Waals surface area contributed by atoms with Gasteiger partial charge in [0.05, 0.1) is 6.54 Å². The number of hydrogen-bond donors (Lipinski definition) is 1. The first kappa shape index (κ1) is 14.3. The maximum atomic E-state index is 12.2. The fourth-order valence-corrected chi connectivity index (χ4v) is 2.70. The zero-order valence-electron chi connectivity index (χ0n) is 11.9. The van der Waals surface area contributed by atoms with Crippen molar-refractivity contribution in [1.82, 2.24) is 10.2 Å². The lowest BCUT2D eigenvalue weighted by atomic mass is 10.2. The summed E-state index contributed by atoms with van der Waals surface area (Å²) in [4.78, 5) is 26.7. The highest BCUT2D eigenvalue weighted by molar-refractivity contribution is 7.98. The monoisotopic (exact) mass is 306 g/mol. The fraction of sp³-hybridized carbons (Fsp3) is 0.467. The third-order valence-electron chi connectivity index (χ3n) is 3.71. The van der Waals surface area contributed by atoms with Gasteiger partial charge in [-0.15, -0.1) is 11.8 Å². The summed E-state index contributed by atoms with van der Waals surface area (Å²) >= 11 is 1.67. The van der Waals surface area contributed by atoms with Crippen LogP contribution < -0.4 is 5.32 Å². The summed E-state index contributed by atoms with van der Waals surface area (Å²) in [5.41, 5.74) is 0.996. The van der Waals surface area contributed by atoms with Crippen LogP contribution in [-0.4, -0.2) is 41.8 Å². The number of carbonyl (C=O) groups is 2. The Kier molecular flexibility index (Phi) is 4.05. The van der Waals surface area contributed by atoms with E-state index in [0.717, 1.165) is 18.4 Å². The molecule has 1 saturated heterocycles. The number of ether oxygens (including phenoxy) is 1. The van der Waals surface area contributed by atoms with Crippen LogP contribution in [0.5, 0.6) is 0 Å². The first-order valence-corrected chi connectivity index (χ1v) is 8.26. The Bertz CT molecular complexity index is 542. The molecule has 0 aromatic heterocycles. The Labute approximate surface area is 128 Å². The molecule has 1 aromatic carbocycles. The van der Waals surface area contributed by atoms with Crippen molar-refractivity contribution < 1.29 is 14.3 Å². The third kappa shape index (κ3) is 3.32. The maximum absolute atomic E-state index is 12.2. The van der Waals surface area contributed by atoms with Crippen molar-refractivity contribution in [3.8, 4) is 0 Å². The Morgan fingerprint density at radius 3 is 2.71 bits per heavy atom. The standard InChI is InChI=1S/C15H18N2O3S/c1-21-12-6-2-10(3-7-12)8-17-13(9-20-15(17)19)14(18)16-11-4-5-11/h2-3,6-7,11,13H,4-5,8-9H2,1H3,(H,16,18)/t13-/m0/s1. The van der Waals surface area contributed by atoms with Gasteiger partial charge >= 0.3 is 6.09 Å². The minimum absolute atomic E-state index is 0.107. The molecule has 1 heterocycles. The molecule has 0 spiro atoms. The topological polar surface area (TPSA) is 58.6 Å². The molecule has 0 radical (unpaired) electrons. The Hall–Kier alpha value is -1.69. The van der Waals surface area contributed by atoms with Gasteiger partial charge in [-0.1, -0.05) is 12.1 Å². The van der Waals surface area contributed by atoms with Crippen molar-refractivity contribution in [2.75, 3.05) is 12.9 Å². The highest BCUT2D eigenvalue weighted by Crippen LogP contribution is 2.22. The molecule has 1 aliphatic carbocycles. The summed E-state index contributed by atoms with van der Waals surface area (Å²) in [6.45, 7) is 0.538. The predicted octanol–water partition coefficient (Wildman–Crippen LogP) is 2.01. The number of thioether (sulfide) groups is 1.